The van der Waals surface area contributed by atoms with Crippen LogP contribution < -0.4 is 5.32 Å². The normalized spacial score (nSPS) is 17.1. The van der Waals surface area contributed by atoms with Crippen molar-refractivity contribution in [3.8, 4) is 0 Å². The number of aryl methyl sites for hydroxylation is 1. The lowest BCUT2D eigenvalue weighted by atomic mass is 9.82. The Labute approximate surface area is 167 Å². The van der Waals surface area contributed by atoms with Crippen LogP contribution in [0.5, 0.6) is 0 Å². The average molecular weight is 385 g/mol. The van der Waals surface area contributed by atoms with Gasteiger partial charge >= 0.3 is 0 Å². The first-order valence-electron chi connectivity index (χ1n) is 9.66. The summed E-state index contributed by atoms with van der Waals surface area (Å²) in [7, 11) is 4.26. The molecule has 3 rings (SSSR count). The second-order valence-corrected chi connectivity index (χ2v) is 8.29. The van der Waals surface area contributed by atoms with Crippen LogP contribution in [0.15, 0.2) is 42.5 Å². The molecule has 1 saturated carbocycles. The fourth-order valence-corrected chi connectivity index (χ4v) is 4.69. The first kappa shape index (κ1) is 19.9. The zero-order valence-electron chi connectivity index (χ0n) is 16.7. The standard InChI is InChI=1S/C23H29ClN2O/c1-16-12-13-19(24)17(2)20(16)22(27)25-21(18-10-6-5-7-11-18)23(26(3)4)14-8-9-15-23/h5-7,10-13,21H,8-9,14-15H2,1-4H3,(H,25,27). The second kappa shape index (κ2) is 8.04. The zero-order chi connectivity index (χ0) is 19.6. The van der Waals surface area contributed by atoms with Crippen LogP contribution in [0.25, 0.3) is 0 Å². The van der Waals surface area contributed by atoms with E-state index in [0.717, 1.165) is 29.5 Å². The summed E-state index contributed by atoms with van der Waals surface area (Å²) in [5, 5.41) is 4.01. The van der Waals surface area contributed by atoms with E-state index in [0.29, 0.717) is 10.6 Å². The predicted octanol–water partition coefficient (Wildman–Crippen LogP) is 5.30. The molecule has 0 spiro atoms. The number of carbonyl (C=O) groups excluding carboxylic acids is 1. The third-order valence-electron chi connectivity index (χ3n) is 6.14. The number of rotatable bonds is 5. The number of carbonyl (C=O) groups is 1. The minimum atomic E-state index is -0.0720. The van der Waals surface area contributed by atoms with E-state index in [1.807, 2.05) is 44.2 Å². The molecule has 27 heavy (non-hydrogen) atoms. The molecule has 1 aliphatic carbocycles. The summed E-state index contributed by atoms with van der Waals surface area (Å²) >= 11 is 6.30. The minimum Gasteiger partial charge on any atom is -0.343 e. The molecule has 1 amide bonds. The van der Waals surface area contributed by atoms with Gasteiger partial charge in [-0.1, -0.05) is 60.8 Å². The van der Waals surface area contributed by atoms with Gasteiger partial charge in [-0.3, -0.25) is 4.79 Å². The van der Waals surface area contributed by atoms with Gasteiger partial charge in [0.25, 0.3) is 5.91 Å². The van der Waals surface area contributed by atoms with Crippen molar-refractivity contribution in [1.82, 2.24) is 10.2 Å². The Hall–Kier alpha value is -1.84. The van der Waals surface area contributed by atoms with Crippen LogP contribution >= 0.6 is 11.6 Å². The average Bonchev–Trinajstić information content (AvgIpc) is 3.15. The Kier molecular flexibility index (Phi) is 5.92. The van der Waals surface area contributed by atoms with Crippen LogP contribution in [0.4, 0.5) is 0 Å². The van der Waals surface area contributed by atoms with Gasteiger partial charge < -0.3 is 10.2 Å². The summed E-state index contributed by atoms with van der Waals surface area (Å²) < 4.78 is 0. The molecule has 4 heteroatoms. The molecule has 2 aromatic carbocycles. The molecule has 1 N–H and O–H groups in total. The van der Waals surface area contributed by atoms with Gasteiger partial charge in [0.1, 0.15) is 0 Å². The number of hydrogen-bond acceptors (Lipinski definition) is 2. The molecular formula is C23H29ClN2O. The first-order valence-corrected chi connectivity index (χ1v) is 10.0. The Morgan fingerprint density at radius 2 is 1.70 bits per heavy atom. The van der Waals surface area contributed by atoms with Crippen molar-refractivity contribution in [3.05, 3.63) is 69.7 Å². The molecule has 1 atom stereocenters. The van der Waals surface area contributed by atoms with Crippen molar-refractivity contribution in [3.63, 3.8) is 0 Å². The van der Waals surface area contributed by atoms with Gasteiger partial charge in [-0.05, 0) is 63.5 Å². The smallest absolute Gasteiger partial charge is 0.252 e. The van der Waals surface area contributed by atoms with Gasteiger partial charge in [-0.2, -0.15) is 0 Å². The van der Waals surface area contributed by atoms with Gasteiger partial charge in [-0.25, -0.2) is 0 Å². The van der Waals surface area contributed by atoms with Crippen molar-refractivity contribution in [2.45, 2.75) is 51.1 Å². The molecule has 2 aromatic rings. The third-order valence-corrected chi connectivity index (χ3v) is 6.55. The van der Waals surface area contributed by atoms with Crippen molar-refractivity contribution in [1.29, 1.82) is 0 Å². The second-order valence-electron chi connectivity index (χ2n) is 7.89. The summed E-state index contributed by atoms with van der Waals surface area (Å²) in [5.74, 6) is -0.0468. The van der Waals surface area contributed by atoms with E-state index in [4.69, 9.17) is 11.6 Å². The largest absolute Gasteiger partial charge is 0.343 e. The monoisotopic (exact) mass is 384 g/mol. The molecule has 1 fully saturated rings. The molecule has 0 saturated heterocycles. The van der Waals surface area contributed by atoms with Crippen LogP contribution in [0.1, 0.15) is 58.8 Å². The maximum atomic E-state index is 13.4. The van der Waals surface area contributed by atoms with E-state index in [-0.39, 0.29) is 17.5 Å². The molecule has 3 nitrogen and oxygen atoms in total. The van der Waals surface area contributed by atoms with E-state index in [1.165, 1.54) is 12.8 Å². The Balaban J connectivity index is 2.03. The quantitative estimate of drug-likeness (QED) is 0.758. The molecule has 144 valence electrons. The van der Waals surface area contributed by atoms with Crippen molar-refractivity contribution < 1.29 is 4.79 Å². The van der Waals surface area contributed by atoms with E-state index < -0.39 is 0 Å². The van der Waals surface area contributed by atoms with E-state index in [2.05, 4.69) is 36.4 Å². The lowest BCUT2D eigenvalue weighted by Crippen LogP contribution is -2.53. The summed E-state index contributed by atoms with van der Waals surface area (Å²) in [6.45, 7) is 3.88. The van der Waals surface area contributed by atoms with E-state index in [9.17, 15) is 4.79 Å². The highest BCUT2D eigenvalue weighted by molar-refractivity contribution is 6.31. The number of nitrogens with zero attached hydrogens (tertiary/aromatic N) is 1. The number of benzene rings is 2. The van der Waals surface area contributed by atoms with Crippen LogP contribution in [0.2, 0.25) is 5.02 Å². The number of hydrogen-bond donors (Lipinski definition) is 1. The highest BCUT2D eigenvalue weighted by Crippen LogP contribution is 2.43. The molecule has 0 heterocycles. The van der Waals surface area contributed by atoms with Gasteiger partial charge in [0, 0.05) is 16.1 Å². The van der Waals surface area contributed by atoms with Crippen LogP contribution in [-0.4, -0.2) is 30.4 Å². The third kappa shape index (κ3) is 3.76. The van der Waals surface area contributed by atoms with Crippen molar-refractivity contribution in [2.24, 2.45) is 0 Å². The predicted molar refractivity (Wildman–Crippen MR) is 112 cm³/mol. The Bertz CT molecular complexity index is 811. The maximum Gasteiger partial charge on any atom is 0.252 e. The molecule has 0 aliphatic heterocycles. The summed E-state index contributed by atoms with van der Waals surface area (Å²) in [5.41, 5.74) is 3.56. The van der Waals surface area contributed by atoms with Gasteiger partial charge in [0.2, 0.25) is 0 Å². The molecule has 0 aromatic heterocycles. The maximum absolute atomic E-state index is 13.4. The van der Waals surface area contributed by atoms with Crippen molar-refractivity contribution >= 4 is 17.5 Å². The van der Waals surface area contributed by atoms with Gasteiger partial charge in [-0.15, -0.1) is 0 Å². The van der Waals surface area contributed by atoms with E-state index >= 15 is 0 Å². The highest BCUT2D eigenvalue weighted by Gasteiger charge is 2.44. The topological polar surface area (TPSA) is 32.3 Å². The molecule has 1 unspecified atom stereocenters. The number of halogens is 1. The molecule has 1 aliphatic rings. The van der Waals surface area contributed by atoms with Crippen LogP contribution in [-0.2, 0) is 0 Å². The highest BCUT2D eigenvalue weighted by atomic mass is 35.5. The molecule has 0 bridgehead atoms. The van der Waals surface area contributed by atoms with Gasteiger partial charge in [0.05, 0.1) is 6.04 Å². The summed E-state index contributed by atoms with van der Waals surface area (Å²) in [6.07, 6.45) is 4.53. The Morgan fingerprint density at radius 1 is 1.07 bits per heavy atom. The van der Waals surface area contributed by atoms with Crippen LogP contribution in [0, 0.1) is 13.8 Å². The lowest BCUT2D eigenvalue weighted by Gasteiger charge is -2.44. The number of amides is 1. The SMILES string of the molecule is Cc1ccc(Cl)c(C)c1C(=O)NC(c1ccccc1)C1(N(C)C)CCCC1. The van der Waals surface area contributed by atoms with Crippen molar-refractivity contribution in [2.75, 3.05) is 14.1 Å². The van der Waals surface area contributed by atoms with Crippen LogP contribution in [0.3, 0.4) is 0 Å². The zero-order valence-corrected chi connectivity index (χ0v) is 17.4. The number of likely N-dealkylation sites (N-methyl/N-ethyl adjacent to an activating group) is 1. The molecule has 0 radical (unpaired) electrons. The first-order chi connectivity index (χ1) is 12.9. The molecular weight excluding hydrogens is 356 g/mol. The number of nitrogens with one attached hydrogen (secondary N) is 1. The van der Waals surface area contributed by atoms with Gasteiger partial charge in [0.15, 0.2) is 0 Å². The fraction of sp³-hybridized carbons (Fsp3) is 0.435. The fourth-order valence-electron chi connectivity index (χ4n) is 4.53. The summed E-state index contributed by atoms with van der Waals surface area (Å²) in [4.78, 5) is 15.7. The lowest BCUT2D eigenvalue weighted by molar-refractivity contribution is 0.0765. The Morgan fingerprint density at radius 3 is 2.30 bits per heavy atom. The summed E-state index contributed by atoms with van der Waals surface area (Å²) in [6, 6.07) is 14.0. The minimum absolute atomic E-state index is 0.0468. The van der Waals surface area contributed by atoms with E-state index in [1.54, 1.807) is 0 Å².